The van der Waals surface area contributed by atoms with Crippen LogP contribution in [0, 0.1) is 0 Å². The average Bonchev–Trinajstić information content (AvgIpc) is 3.03. The van der Waals surface area contributed by atoms with E-state index in [9.17, 15) is 4.79 Å². The van der Waals surface area contributed by atoms with Gasteiger partial charge in [0.2, 0.25) is 5.91 Å². The lowest BCUT2D eigenvalue weighted by atomic mass is 10.2. The Bertz CT molecular complexity index is 408. The second-order valence-electron chi connectivity index (χ2n) is 4.84. The topological polar surface area (TPSA) is 41.6 Å². The number of thiophene rings is 1. The maximum Gasteiger partial charge on any atom is 0.241 e. The van der Waals surface area contributed by atoms with Gasteiger partial charge in [-0.1, -0.05) is 6.92 Å². The fourth-order valence-electron chi connectivity index (χ4n) is 2.47. The number of nitrogens with zero attached hydrogens (tertiary/aromatic N) is 1. The monoisotopic (exact) mass is 282 g/mol. The van der Waals surface area contributed by atoms with Crippen molar-refractivity contribution in [2.45, 2.75) is 45.4 Å². The molecule has 4 nitrogen and oxygen atoms in total. The number of hydrogen-bond acceptors (Lipinski definition) is 4. The Kier molecular flexibility index (Phi) is 4.96. The summed E-state index contributed by atoms with van der Waals surface area (Å²) in [6.45, 7) is 7.33. The zero-order chi connectivity index (χ0) is 13.8. The van der Waals surface area contributed by atoms with Crippen LogP contribution in [0.3, 0.4) is 0 Å². The molecule has 1 aromatic rings. The van der Waals surface area contributed by atoms with Gasteiger partial charge in [0.1, 0.15) is 6.17 Å². The summed E-state index contributed by atoms with van der Waals surface area (Å²) in [6, 6.07) is 2.09. The van der Waals surface area contributed by atoms with Crippen LogP contribution in [0.25, 0.3) is 0 Å². The lowest BCUT2D eigenvalue weighted by Crippen LogP contribution is -2.41. The zero-order valence-electron chi connectivity index (χ0n) is 11.8. The fraction of sp³-hybridized carbons (Fsp3) is 0.643. The normalized spacial score (nSPS) is 25.0. The van der Waals surface area contributed by atoms with Gasteiger partial charge < -0.3 is 9.64 Å². The Morgan fingerprint density at radius 1 is 1.53 bits per heavy atom. The van der Waals surface area contributed by atoms with Gasteiger partial charge in [0, 0.05) is 6.61 Å². The first-order valence-electron chi connectivity index (χ1n) is 6.87. The maximum absolute atomic E-state index is 12.5. The molecule has 1 N–H and O–H groups in total. The van der Waals surface area contributed by atoms with E-state index in [-0.39, 0.29) is 24.2 Å². The molecule has 0 spiro atoms. The molecule has 1 aliphatic rings. The van der Waals surface area contributed by atoms with E-state index in [2.05, 4.69) is 16.8 Å². The van der Waals surface area contributed by atoms with Gasteiger partial charge in [-0.2, -0.15) is 11.3 Å². The molecule has 1 aromatic heterocycles. The van der Waals surface area contributed by atoms with E-state index < -0.39 is 0 Å². The summed E-state index contributed by atoms with van der Waals surface area (Å²) in [7, 11) is 0. The maximum atomic E-state index is 12.5. The van der Waals surface area contributed by atoms with Crippen LogP contribution in [0.1, 0.15) is 38.9 Å². The molecule has 1 fully saturated rings. The van der Waals surface area contributed by atoms with Crippen LogP contribution in [-0.4, -0.2) is 36.1 Å². The summed E-state index contributed by atoms with van der Waals surface area (Å²) in [5, 5.41) is 7.58. The molecule has 0 bridgehead atoms. The Morgan fingerprint density at radius 2 is 2.32 bits per heavy atom. The molecule has 3 atom stereocenters. The highest BCUT2D eigenvalue weighted by molar-refractivity contribution is 7.07. The van der Waals surface area contributed by atoms with Crippen molar-refractivity contribution in [2.24, 2.45) is 0 Å². The molecule has 2 rings (SSSR count). The number of rotatable bonds is 6. The zero-order valence-corrected chi connectivity index (χ0v) is 12.6. The fourth-order valence-corrected chi connectivity index (χ4v) is 3.15. The molecule has 0 saturated carbocycles. The van der Waals surface area contributed by atoms with E-state index in [1.165, 1.54) is 0 Å². The number of ether oxygens (including phenoxy) is 1. The van der Waals surface area contributed by atoms with E-state index >= 15 is 0 Å². The Hall–Kier alpha value is -0.910. The van der Waals surface area contributed by atoms with Gasteiger partial charge in [-0.25, -0.2) is 0 Å². The number of amides is 1. The third kappa shape index (κ3) is 2.99. The highest BCUT2D eigenvalue weighted by atomic mass is 32.1. The SMILES string of the molecule is CCOCC(C)N1C(=O)C(CC)NC1c1ccsc1. The minimum atomic E-state index is -0.0750. The Morgan fingerprint density at radius 3 is 2.89 bits per heavy atom. The summed E-state index contributed by atoms with van der Waals surface area (Å²) in [5.74, 6) is 0.186. The van der Waals surface area contributed by atoms with E-state index in [0.717, 1.165) is 12.0 Å². The van der Waals surface area contributed by atoms with Gasteiger partial charge in [-0.3, -0.25) is 10.1 Å². The molecule has 1 amide bonds. The first kappa shape index (κ1) is 14.5. The van der Waals surface area contributed by atoms with Crippen molar-refractivity contribution in [3.63, 3.8) is 0 Å². The molecule has 5 heteroatoms. The molecule has 0 aromatic carbocycles. The van der Waals surface area contributed by atoms with Crippen molar-refractivity contribution in [1.29, 1.82) is 0 Å². The summed E-state index contributed by atoms with van der Waals surface area (Å²) < 4.78 is 5.47. The Labute approximate surface area is 118 Å². The molecule has 1 saturated heterocycles. The molecule has 0 aliphatic carbocycles. The number of carbonyl (C=O) groups excluding carboxylic acids is 1. The predicted octanol–water partition coefficient (Wildman–Crippen LogP) is 2.38. The van der Waals surface area contributed by atoms with Crippen molar-refractivity contribution in [3.05, 3.63) is 22.4 Å². The largest absolute Gasteiger partial charge is 0.380 e. The number of nitrogens with one attached hydrogen (secondary N) is 1. The summed E-state index contributed by atoms with van der Waals surface area (Å²) >= 11 is 1.66. The van der Waals surface area contributed by atoms with Crippen LogP contribution in [-0.2, 0) is 9.53 Å². The van der Waals surface area contributed by atoms with Gasteiger partial charge in [-0.05, 0) is 42.7 Å². The quantitative estimate of drug-likeness (QED) is 0.871. The molecule has 19 heavy (non-hydrogen) atoms. The standard InChI is InChI=1S/C14H22N2O2S/c1-4-12-14(17)16(10(3)8-18-5-2)13(15-12)11-6-7-19-9-11/h6-7,9-10,12-13,15H,4-5,8H2,1-3H3. The molecule has 3 unspecified atom stereocenters. The highest BCUT2D eigenvalue weighted by Crippen LogP contribution is 2.29. The number of carbonyl (C=O) groups is 1. The van der Waals surface area contributed by atoms with Crippen molar-refractivity contribution < 1.29 is 9.53 Å². The van der Waals surface area contributed by atoms with E-state index in [4.69, 9.17) is 4.74 Å². The average molecular weight is 282 g/mol. The minimum absolute atomic E-state index is 0.0147. The van der Waals surface area contributed by atoms with Gasteiger partial charge in [0.25, 0.3) is 0 Å². The second-order valence-corrected chi connectivity index (χ2v) is 5.62. The highest BCUT2D eigenvalue weighted by Gasteiger charge is 2.41. The van der Waals surface area contributed by atoms with E-state index in [1.807, 2.05) is 31.1 Å². The van der Waals surface area contributed by atoms with Gasteiger partial charge in [-0.15, -0.1) is 0 Å². The lowest BCUT2D eigenvalue weighted by molar-refractivity contribution is -0.133. The smallest absolute Gasteiger partial charge is 0.241 e. The summed E-state index contributed by atoms with van der Waals surface area (Å²) in [4.78, 5) is 14.4. The van der Waals surface area contributed by atoms with Crippen LogP contribution in [0.4, 0.5) is 0 Å². The van der Waals surface area contributed by atoms with Crippen LogP contribution < -0.4 is 5.32 Å². The summed E-state index contributed by atoms with van der Waals surface area (Å²) in [6.07, 6.45) is 0.802. The van der Waals surface area contributed by atoms with Crippen LogP contribution in [0.15, 0.2) is 16.8 Å². The third-order valence-corrected chi connectivity index (χ3v) is 4.20. The molecule has 0 radical (unpaired) electrons. The van der Waals surface area contributed by atoms with Crippen molar-refractivity contribution >= 4 is 17.2 Å². The predicted molar refractivity (Wildman–Crippen MR) is 77.1 cm³/mol. The molecule has 106 valence electrons. The lowest BCUT2D eigenvalue weighted by Gasteiger charge is -2.29. The van der Waals surface area contributed by atoms with Crippen molar-refractivity contribution in [2.75, 3.05) is 13.2 Å². The van der Waals surface area contributed by atoms with Gasteiger partial charge in [0.05, 0.1) is 18.7 Å². The Balaban J connectivity index is 2.17. The first-order chi connectivity index (χ1) is 9.19. The molecular weight excluding hydrogens is 260 g/mol. The van der Waals surface area contributed by atoms with Crippen molar-refractivity contribution in [3.8, 4) is 0 Å². The van der Waals surface area contributed by atoms with E-state index in [0.29, 0.717) is 13.2 Å². The van der Waals surface area contributed by atoms with Crippen LogP contribution >= 0.6 is 11.3 Å². The van der Waals surface area contributed by atoms with Gasteiger partial charge in [0.15, 0.2) is 0 Å². The minimum Gasteiger partial charge on any atom is -0.380 e. The van der Waals surface area contributed by atoms with Crippen molar-refractivity contribution in [1.82, 2.24) is 10.2 Å². The van der Waals surface area contributed by atoms with Gasteiger partial charge >= 0.3 is 0 Å². The molecule has 1 aliphatic heterocycles. The molecule has 2 heterocycles. The summed E-state index contributed by atoms with van der Waals surface area (Å²) in [5.41, 5.74) is 1.16. The van der Waals surface area contributed by atoms with E-state index in [1.54, 1.807) is 11.3 Å². The number of hydrogen-bond donors (Lipinski definition) is 1. The third-order valence-electron chi connectivity index (χ3n) is 3.50. The molecular formula is C14H22N2O2S. The second kappa shape index (κ2) is 6.50. The first-order valence-corrected chi connectivity index (χ1v) is 7.81. The van der Waals surface area contributed by atoms with Crippen LogP contribution in [0.2, 0.25) is 0 Å². The van der Waals surface area contributed by atoms with Crippen LogP contribution in [0.5, 0.6) is 0 Å².